The lowest BCUT2D eigenvalue weighted by Gasteiger charge is -2.62. The lowest BCUT2D eigenvalue weighted by molar-refractivity contribution is -0.956. The molecule has 0 aromatic rings. The highest BCUT2D eigenvalue weighted by molar-refractivity contribution is 5.72. The van der Waals surface area contributed by atoms with Gasteiger partial charge in [-0.2, -0.15) is 0 Å². The Bertz CT molecular complexity index is 1060. The van der Waals surface area contributed by atoms with Gasteiger partial charge in [0.05, 0.1) is 31.5 Å². The topological polar surface area (TPSA) is 55.8 Å². The Hall–Kier alpha value is -1.14. The summed E-state index contributed by atoms with van der Waals surface area (Å²) in [5.74, 6) is 2.49. The number of hydrogen-bond donors (Lipinski definition) is 0. The highest BCUT2D eigenvalue weighted by Crippen LogP contribution is 2.68. The van der Waals surface area contributed by atoms with Gasteiger partial charge in [0, 0.05) is 17.9 Å². The molecule has 3 unspecified atom stereocenters. The number of piperidine rings is 2. The minimum absolute atomic E-state index is 0.00886. The van der Waals surface area contributed by atoms with Crippen LogP contribution in [0.3, 0.4) is 0 Å². The summed E-state index contributed by atoms with van der Waals surface area (Å²) in [5.41, 5.74) is 0.338. The number of ether oxygens (including phenoxy) is 2. The molecule has 0 N–H and O–H groups in total. The quantitative estimate of drug-likeness (QED) is 0.215. The SMILES string of the molecule is CC[N+]1([C@H]2CC3C4CC[C@H]5C[C@H](OC(=O)C(C)C)[C@@H](N6CCCCC6)C[C@]5(C)C4CC[C@]3(C)[C@H]2OC(=O)C(C)C)CCCCC1. The van der Waals surface area contributed by atoms with E-state index in [4.69, 9.17) is 9.47 Å². The summed E-state index contributed by atoms with van der Waals surface area (Å²) in [6.45, 7) is 21.5. The zero-order chi connectivity index (χ0) is 32.1. The Labute approximate surface area is 275 Å². The highest BCUT2D eigenvalue weighted by atomic mass is 16.6. The van der Waals surface area contributed by atoms with E-state index in [1.807, 2.05) is 27.7 Å². The molecule has 0 radical (unpaired) electrons. The second kappa shape index (κ2) is 13.1. The maximum absolute atomic E-state index is 13.3. The van der Waals surface area contributed by atoms with Gasteiger partial charge in [0.25, 0.3) is 0 Å². The molecule has 45 heavy (non-hydrogen) atoms. The van der Waals surface area contributed by atoms with Crippen LogP contribution in [-0.2, 0) is 19.1 Å². The van der Waals surface area contributed by atoms with E-state index in [0.717, 1.165) is 26.1 Å². The van der Waals surface area contributed by atoms with Crippen LogP contribution in [0.5, 0.6) is 0 Å². The summed E-state index contributed by atoms with van der Waals surface area (Å²) >= 11 is 0. The second-order valence-electron chi connectivity index (χ2n) is 17.8. The number of likely N-dealkylation sites (tertiary alicyclic amines) is 2. The Balaban J connectivity index is 1.30. The van der Waals surface area contributed by atoms with Gasteiger partial charge in [0.15, 0.2) is 6.10 Å². The van der Waals surface area contributed by atoms with Gasteiger partial charge >= 0.3 is 11.9 Å². The van der Waals surface area contributed by atoms with Crippen molar-refractivity contribution in [1.29, 1.82) is 0 Å². The number of carbonyl (C=O) groups excluding carboxylic acids is 2. The molecular weight excluding hydrogens is 560 g/mol. The fraction of sp³-hybridized carbons (Fsp3) is 0.949. The summed E-state index contributed by atoms with van der Waals surface area (Å²) in [5, 5.41) is 0. The molecule has 2 aliphatic heterocycles. The van der Waals surface area contributed by atoms with E-state index < -0.39 is 0 Å². The van der Waals surface area contributed by atoms with Gasteiger partial charge in [-0.15, -0.1) is 0 Å². The monoisotopic (exact) mass is 628 g/mol. The predicted octanol–water partition coefficient (Wildman–Crippen LogP) is 7.63. The van der Waals surface area contributed by atoms with Crippen molar-refractivity contribution in [2.75, 3.05) is 32.7 Å². The number of hydrogen-bond acceptors (Lipinski definition) is 5. The van der Waals surface area contributed by atoms with Gasteiger partial charge in [0.2, 0.25) is 0 Å². The first kappa shape index (κ1) is 33.7. The molecule has 0 aromatic carbocycles. The number of esters is 2. The standard InChI is InChI=1S/C39H67N2O4/c1-8-41(21-13-10-14-22-41)33-24-31-29-16-15-28-23-34(44-36(42)26(2)3)32(40-19-11-9-12-20-40)25-39(28,7)30(29)17-18-38(31,6)35(33)45-37(43)27(4)5/h26-35H,8-25H2,1-7H3/q+1/t28-,29?,30?,31?,32-,33-,34-,35-,38-,39-/m0/s1. The molecule has 4 aliphatic carbocycles. The van der Waals surface area contributed by atoms with Crippen molar-refractivity contribution in [2.45, 2.75) is 156 Å². The van der Waals surface area contributed by atoms with Crippen LogP contribution in [0.1, 0.15) is 132 Å². The van der Waals surface area contributed by atoms with Gasteiger partial charge in [-0.05, 0) is 120 Å². The Morgan fingerprint density at radius 1 is 0.800 bits per heavy atom. The highest BCUT2D eigenvalue weighted by Gasteiger charge is 2.67. The summed E-state index contributed by atoms with van der Waals surface area (Å²) in [6, 6.07) is 0.782. The fourth-order valence-electron chi connectivity index (χ4n) is 12.3. The normalized spacial score (nSPS) is 43.3. The average molecular weight is 628 g/mol. The Kier molecular flexibility index (Phi) is 9.79. The molecule has 0 bridgehead atoms. The van der Waals surface area contributed by atoms with E-state index >= 15 is 0 Å². The minimum atomic E-state index is -0.0814. The Morgan fingerprint density at radius 2 is 1.44 bits per heavy atom. The number of fused-ring (bicyclic) bond motifs is 5. The first-order chi connectivity index (χ1) is 21.4. The first-order valence-electron chi connectivity index (χ1n) is 19.4. The van der Waals surface area contributed by atoms with Crippen molar-refractivity contribution < 1.29 is 23.5 Å². The maximum Gasteiger partial charge on any atom is 0.308 e. The van der Waals surface area contributed by atoms with E-state index in [-0.39, 0.29) is 46.8 Å². The van der Waals surface area contributed by atoms with Crippen molar-refractivity contribution in [3.8, 4) is 0 Å². The number of carbonyl (C=O) groups is 2. The number of quaternary nitrogens is 1. The zero-order valence-corrected chi connectivity index (χ0v) is 30.0. The fourth-order valence-corrected chi connectivity index (χ4v) is 12.3. The molecule has 4 saturated carbocycles. The molecule has 6 nitrogen and oxygen atoms in total. The van der Waals surface area contributed by atoms with Crippen LogP contribution in [-0.4, -0.2) is 78.3 Å². The van der Waals surface area contributed by atoms with Crippen LogP contribution in [0.25, 0.3) is 0 Å². The van der Waals surface area contributed by atoms with Crippen LogP contribution in [0.4, 0.5) is 0 Å². The molecule has 0 aromatic heterocycles. The van der Waals surface area contributed by atoms with Gasteiger partial charge in [-0.1, -0.05) is 48.0 Å². The summed E-state index contributed by atoms with van der Waals surface area (Å²) in [6.07, 6.45) is 16.3. The van der Waals surface area contributed by atoms with Crippen LogP contribution in [0, 0.1) is 46.3 Å². The van der Waals surface area contributed by atoms with Crippen LogP contribution in [0.2, 0.25) is 0 Å². The zero-order valence-electron chi connectivity index (χ0n) is 30.0. The van der Waals surface area contributed by atoms with Crippen molar-refractivity contribution >= 4 is 11.9 Å². The first-order valence-corrected chi connectivity index (χ1v) is 19.4. The van der Waals surface area contributed by atoms with Crippen molar-refractivity contribution in [3.05, 3.63) is 0 Å². The molecule has 0 spiro atoms. The van der Waals surface area contributed by atoms with E-state index in [9.17, 15) is 9.59 Å². The van der Waals surface area contributed by atoms with Crippen molar-refractivity contribution in [1.82, 2.24) is 4.90 Å². The minimum Gasteiger partial charge on any atom is -0.460 e. The lowest BCUT2D eigenvalue weighted by atomic mass is 9.44. The van der Waals surface area contributed by atoms with Gasteiger partial charge in [-0.3, -0.25) is 14.5 Å². The van der Waals surface area contributed by atoms with Crippen LogP contribution in [0.15, 0.2) is 0 Å². The molecule has 6 fully saturated rings. The third kappa shape index (κ3) is 5.93. The Morgan fingerprint density at radius 3 is 2.09 bits per heavy atom. The van der Waals surface area contributed by atoms with Crippen molar-refractivity contribution in [3.63, 3.8) is 0 Å². The number of nitrogens with zero attached hydrogens (tertiary/aromatic N) is 2. The lowest BCUT2D eigenvalue weighted by Crippen LogP contribution is -2.63. The molecule has 256 valence electrons. The molecule has 6 aliphatic rings. The van der Waals surface area contributed by atoms with E-state index in [0.29, 0.717) is 35.8 Å². The molecule has 0 amide bonds. The molecule has 6 rings (SSSR count). The summed E-state index contributed by atoms with van der Waals surface area (Å²) in [7, 11) is 0. The molecule has 10 atom stereocenters. The van der Waals surface area contributed by atoms with Gasteiger partial charge in [-0.25, -0.2) is 0 Å². The molecular formula is C39H67N2O4+. The second-order valence-corrected chi connectivity index (χ2v) is 17.8. The maximum atomic E-state index is 13.3. The van der Waals surface area contributed by atoms with E-state index in [2.05, 4.69) is 25.7 Å². The van der Waals surface area contributed by atoms with Crippen molar-refractivity contribution in [2.24, 2.45) is 46.3 Å². The number of likely N-dealkylation sites (N-methyl/N-ethyl adjacent to an activating group) is 1. The summed E-state index contributed by atoms with van der Waals surface area (Å²) in [4.78, 5) is 29.0. The van der Waals surface area contributed by atoms with Gasteiger partial charge in [0.1, 0.15) is 12.1 Å². The smallest absolute Gasteiger partial charge is 0.308 e. The third-order valence-electron chi connectivity index (χ3n) is 14.9. The largest absolute Gasteiger partial charge is 0.460 e. The summed E-state index contributed by atoms with van der Waals surface area (Å²) < 4.78 is 14.3. The predicted molar refractivity (Wildman–Crippen MR) is 179 cm³/mol. The van der Waals surface area contributed by atoms with E-state index in [1.165, 1.54) is 94.6 Å². The molecule has 2 heterocycles. The third-order valence-corrected chi connectivity index (χ3v) is 14.9. The van der Waals surface area contributed by atoms with Crippen LogP contribution < -0.4 is 0 Å². The van der Waals surface area contributed by atoms with Gasteiger partial charge < -0.3 is 14.0 Å². The molecule has 6 heteroatoms. The molecule has 2 saturated heterocycles. The number of rotatable bonds is 7. The average Bonchev–Trinajstić information content (AvgIpc) is 3.34. The van der Waals surface area contributed by atoms with E-state index in [1.54, 1.807) is 0 Å². The van der Waals surface area contributed by atoms with Crippen LogP contribution >= 0.6 is 0 Å².